The van der Waals surface area contributed by atoms with Crippen LogP contribution in [0.15, 0.2) is 35.2 Å². The lowest BCUT2D eigenvalue weighted by Gasteiger charge is -2.25. The molecule has 2 amide bonds. The Hall–Kier alpha value is -2.50. The SMILES string of the molecule is CCOC(=O)N1CCc2c(sc(NC(=O)CCCSc3ccccc3)c2C#N)C1. The summed E-state index contributed by atoms with van der Waals surface area (Å²) in [5.41, 5.74) is 1.47. The van der Waals surface area contributed by atoms with Gasteiger partial charge in [-0.15, -0.1) is 23.1 Å². The largest absolute Gasteiger partial charge is 0.450 e. The van der Waals surface area contributed by atoms with Crippen LogP contribution in [-0.2, 0) is 22.5 Å². The number of fused-ring (bicyclic) bond motifs is 1. The van der Waals surface area contributed by atoms with E-state index in [9.17, 15) is 14.9 Å². The van der Waals surface area contributed by atoms with Gasteiger partial charge >= 0.3 is 6.09 Å². The number of hydrogen-bond acceptors (Lipinski definition) is 6. The van der Waals surface area contributed by atoms with E-state index in [2.05, 4.69) is 23.5 Å². The fourth-order valence-electron chi connectivity index (χ4n) is 3.11. The van der Waals surface area contributed by atoms with Gasteiger partial charge in [-0.2, -0.15) is 5.26 Å². The van der Waals surface area contributed by atoms with Crippen molar-refractivity contribution in [1.29, 1.82) is 5.26 Å². The number of rotatable bonds is 7. The molecule has 8 heteroatoms. The van der Waals surface area contributed by atoms with Crippen LogP contribution in [0.25, 0.3) is 0 Å². The lowest BCUT2D eigenvalue weighted by Crippen LogP contribution is -2.35. The van der Waals surface area contributed by atoms with Crippen molar-refractivity contribution in [3.05, 3.63) is 46.3 Å². The standard InChI is InChI=1S/C21H23N3O3S2/c1-2-27-21(26)24-11-10-16-17(13-22)20(29-18(16)14-24)23-19(25)9-6-12-28-15-7-4-3-5-8-15/h3-5,7-8H,2,6,9-12,14H2,1H3,(H,23,25). The van der Waals surface area contributed by atoms with Crippen molar-refractivity contribution in [2.75, 3.05) is 24.2 Å². The Morgan fingerprint density at radius 2 is 2.14 bits per heavy atom. The first-order valence-electron chi connectivity index (χ1n) is 9.56. The lowest BCUT2D eigenvalue weighted by molar-refractivity contribution is -0.116. The molecule has 1 N–H and O–H groups in total. The molecule has 29 heavy (non-hydrogen) atoms. The van der Waals surface area contributed by atoms with Crippen LogP contribution >= 0.6 is 23.1 Å². The Bertz CT molecular complexity index is 906. The smallest absolute Gasteiger partial charge is 0.410 e. The highest BCUT2D eigenvalue weighted by atomic mass is 32.2. The van der Waals surface area contributed by atoms with Crippen LogP contribution in [0.5, 0.6) is 0 Å². The van der Waals surface area contributed by atoms with E-state index < -0.39 is 0 Å². The van der Waals surface area contributed by atoms with Gasteiger partial charge in [0.2, 0.25) is 5.91 Å². The highest BCUT2D eigenvalue weighted by molar-refractivity contribution is 7.99. The van der Waals surface area contributed by atoms with Crippen LogP contribution in [0.4, 0.5) is 9.80 Å². The van der Waals surface area contributed by atoms with E-state index in [-0.39, 0.29) is 12.0 Å². The maximum atomic E-state index is 12.4. The van der Waals surface area contributed by atoms with Gasteiger partial charge in [-0.05, 0) is 43.2 Å². The van der Waals surface area contributed by atoms with E-state index in [4.69, 9.17) is 4.74 Å². The van der Waals surface area contributed by atoms with E-state index in [0.29, 0.717) is 43.1 Å². The van der Waals surface area contributed by atoms with Crippen molar-refractivity contribution < 1.29 is 14.3 Å². The van der Waals surface area contributed by atoms with Crippen LogP contribution in [0.1, 0.15) is 35.8 Å². The molecule has 0 radical (unpaired) electrons. The molecule has 6 nitrogen and oxygen atoms in total. The van der Waals surface area contributed by atoms with Gasteiger partial charge in [0.1, 0.15) is 11.1 Å². The lowest BCUT2D eigenvalue weighted by atomic mass is 10.0. The molecule has 0 aliphatic carbocycles. The predicted octanol–water partition coefficient (Wildman–Crippen LogP) is 4.65. The molecule has 0 bridgehead atoms. The minimum Gasteiger partial charge on any atom is -0.450 e. The number of nitriles is 1. The molecular formula is C21H23N3O3S2. The minimum absolute atomic E-state index is 0.0870. The molecule has 2 heterocycles. The van der Waals surface area contributed by atoms with E-state index in [1.54, 1.807) is 23.6 Å². The summed E-state index contributed by atoms with van der Waals surface area (Å²) in [6.45, 7) is 3.04. The van der Waals surface area contributed by atoms with Gasteiger partial charge in [0.05, 0.1) is 18.7 Å². The number of hydrogen-bond donors (Lipinski definition) is 1. The Morgan fingerprint density at radius 1 is 1.34 bits per heavy atom. The molecule has 1 aliphatic rings. The first-order chi connectivity index (χ1) is 14.1. The summed E-state index contributed by atoms with van der Waals surface area (Å²) < 4.78 is 5.07. The molecule has 1 aliphatic heterocycles. The quantitative estimate of drug-likeness (QED) is 0.512. The highest BCUT2D eigenvalue weighted by Gasteiger charge is 2.28. The number of ether oxygens (including phenoxy) is 1. The third-order valence-electron chi connectivity index (χ3n) is 4.51. The van der Waals surface area contributed by atoms with Crippen molar-refractivity contribution in [2.24, 2.45) is 0 Å². The third kappa shape index (κ3) is 5.52. The highest BCUT2D eigenvalue weighted by Crippen LogP contribution is 2.37. The number of carbonyl (C=O) groups is 2. The van der Waals surface area contributed by atoms with Gasteiger partial charge in [0.25, 0.3) is 0 Å². The predicted molar refractivity (Wildman–Crippen MR) is 115 cm³/mol. The van der Waals surface area contributed by atoms with E-state index in [1.165, 1.54) is 16.2 Å². The Balaban J connectivity index is 1.55. The van der Waals surface area contributed by atoms with Gasteiger partial charge in [0.15, 0.2) is 0 Å². The number of benzene rings is 1. The maximum Gasteiger partial charge on any atom is 0.410 e. The Labute approximate surface area is 178 Å². The monoisotopic (exact) mass is 429 g/mol. The van der Waals surface area contributed by atoms with E-state index >= 15 is 0 Å². The number of nitrogens with zero attached hydrogens (tertiary/aromatic N) is 2. The van der Waals surface area contributed by atoms with Crippen molar-refractivity contribution in [1.82, 2.24) is 4.90 Å². The van der Waals surface area contributed by atoms with Crippen LogP contribution in [0, 0.1) is 11.3 Å². The molecule has 1 aromatic heterocycles. The normalized spacial score (nSPS) is 12.8. The second kappa shape index (κ2) is 10.3. The average Bonchev–Trinajstić information content (AvgIpc) is 3.08. The summed E-state index contributed by atoms with van der Waals surface area (Å²) in [4.78, 5) is 28.1. The molecule has 0 unspecified atom stereocenters. The van der Waals surface area contributed by atoms with Gasteiger partial charge in [-0.1, -0.05) is 18.2 Å². The number of thioether (sulfide) groups is 1. The van der Waals surface area contributed by atoms with Crippen LogP contribution < -0.4 is 5.32 Å². The summed E-state index contributed by atoms with van der Waals surface area (Å²) in [6.07, 6.45) is 1.42. The molecule has 2 aromatic rings. The molecule has 3 rings (SSSR count). The first-order valence-corrected chi connectivity index (χ1v) is 11.4. The number of amides is 2. The molecule has 0 atom stereocenters. The van der Waals surface area contributed by atoms with Crippen LogP contribution in [0.3, 0.4) is 0 Å². The minimum atomic E-state index is -0.341. The Morgan fingerprint density at radius 3 is 2.86 bits per heavy atom. The number of nitrogens with one attached hydrogen (secondary N) is 1. The zero-order valence-corrected chi connectivity index (χ0v) is 17.9. The number of carbonyl (C=O) groups excluding carboxylic acids is 2. The number of thiophene rings is 1. The van der Waals surface area contributed by atoms with Crippen molar-refractivity contribution in [3.8, 4) is 6.07 Å². The summed E-state index contributed by atoms with van der Waals surface area (Å²) >= 11 is 3.11. The number of anilines is 1. The van der Waals surface area contributed by atoms with E-state index in [0.717, 1.165) is 22.6 Å². The fourth-order valence-corrected chi connectivity index (χ4v) is 5.21. The van der Waals surface area contributed by atoms with Crippen molar-refractivity contribution >= 4 is 40.1 Å². The van der Waals surface area contributed by atoms with Crippen LogP contribution in [0.2, 0.25) is 0 Å². The molecule has 152 valence electrons. The summed E-state index contributed by atoms with van der Waals surface area (Å²) in [5.74, 6) is 0.772. The third-order valence-corrected chi connectivity index (χ3v) is 6.74. The summed E-state index contributed by atoms with van der Waals surface area (Å²) in [5, 5.41) is 13.1. The molecule has 0 spiro atoms. The van der Waals surface area contributed by atoms with Crippen molar-refractivity contribution in [2.45, 2.75) is 37.6 Å². The first kappa shape index (κ1) is 21.2. The topological polar surface area (TPSA) is 82.4 Å². The van der Waals surface area contributed by atoms with Gasteiger partial charge in [-0.25, -0.2) is 4.79 Å². The van der Waals surface area contributed by atoms with Crippen molar-refractivity contribution in [3.63, 3.8) is 0 Å². The molecule has 0 saturated carbocycles. The summed E-state index contributed by atoms with van der Waals surface area (Å²) in [7, 11) is 0. The van der Waals surface area contributed by atoms with Gasteiger partial charge in [-0.3, -0.25) is 4.79 Å². The molecule has 0 saturated heterocycles. The second-order valence-electron chi connectivity index (χ2n) is 6.50. The van der Waals surface area contributed by atoms with Gasteiger partial charge in [0, 0.05) is 22.7 Å². The maximum absolute atomic E-state index is 12.4. The summed E-state index contributed by atoms with van der Waals surface area (Å²) in [6, 6.07) is 12.3. The zero-order valence-electron chi connectivity index (χ0n) is 16.3. The molecule has 0 fully saturated rings. The fraction of sp³-hybridized carbons (Fsp3) is 0.381. The molecular weight excluding hydrogens is 406 g/mol. The Kier molecular flexibility index (Phi) is 7.55. The molecule has 1 aromatic carbocycles. The second-order valence-corrected chi connectivity index (χ2v) is 8.78. The van der Waals surface area contributed by atoms with Crippen LogP contribution in [-0.4, -0.2) is 35.8 Å². The zero-order chi connectivity index (χ0) is 20.6. The average molecular weight is 430 g/mol. The van der Waals surface area contributed by atoms with E-state index in [1.807, 2.05) is 18.2 Å². The van der Waals surface area contributed by atoms with Gasteiger partial charge < -0.3 is 15.0 Å².